The Balaban J connectivity index is 1.48. The van der Waals surface area contributed by atoms with Crippen molar-refractivity contribution in [2.75, 3.05) is 13.2 Å². The zero-order chi connectivity index (χ0) is 16.2. The van der Waals surface area contributed by atoms with Gasteiger partial charge in [-0.15, -0.1) is 0 Å². The molecule has 1 aliphatic carbocycles. The maximum absolute atomic E-state index is 11.9. The number of carbonyl (C=O) groups is 3. The van der Waals surface area contributed by atoms with Crippen LogP contribution in [0.5, 0.6) is 5.75 Å². The standard InChI is InChI=1S/C16H16N2O5/c19-14(18-16(21)17-12-5-6-12)9-23-15(20)11-7-10-3-1-2-4-13(10)22-8-11/h1-4,7,12H,5-6,8-9H2,(H2,17,18,19,21). The molecular formula is C16H16N2O5. The van der Waals surface area contributed by atoms with E-state index in [4.69, 9.17) is 9.47 Å². The number of nitrogens with one attached hydrogen (secondary N) is 2. The van der Waals surface area contributed by atoms with Gasteiger partial charge in [0.05, 0.1) is 5.57 Å². The Kier molecular flexibility index (Phi) is 4.27. The van der Waals surface area contributed by atoms with Gasteiger partial charge < -0.3 is 14.8 Å². The summed E-state index contributed by atoms with van der Waals surface area (Å²) in [6.45, 7) is -0.435. The molecule has 1 aliphatic heterocycles. The molecule has 0 atom stereocenters. The molecule has 1 heterocycles. The molecule has 0 aromatic heterocycles. The van der Waals surface area contributed by atoms with Gasteiger partial charge in [-0.05, 0) is 25.0 Å². The normalized spacial score (nSPS) is 15.6. The Hall–Kier alpha value is -2.83. The number of hydrogen-bond donors (Lipinski definition) is 2. The summed E-state index contributed by atoms with van der Waals surface area (Å²) in [5, 5.41) is 4.71. The molecule has 2 aliphatic rings. The van der Waals surface area contributed by atoms with Gasteiger partial charge in [-0.3, -0.25) is 10.1 Å². The van der Waals surface area contributed by atoms with E-state index in [-0.39, 0.29) is 12.6 Å². The number of rotatable bonds is 4. The zero-order valence-corrected chi connectivity index (χ0v) is 12.3. The van der Waals surface area contributed by atoms with E-state index in [0.29, 0.717) is 11.3 Å². The maximum Gasteiger partial charge on any atom is 0.338 e. The molecule has 3 rings (SSSR count). The van der Waals surface area contributed by atoms with Crippen LogP contribution in [-0.2, 0) is 14.3 Å². The molecule has 1 aromatic carbocycles. The largest absolute Gasteiger partial charge is 0.488 e. The molecule has 3 amide bonds. The van der Waals surface area contributed by atoms with Crippen molar-refractivity contribution < 1.29 is 23.9 Å². The number of hydrogen-bond acceptors (Lipinski definition) is 5. The monoisotopic (exact) mass is 316 g/mol. The fourth-order valence-electron chi connectivity index (χ4n) is 2.07. The number of ether oxygens (including phenoxy) is 2. The van der Waals surface area contributed by atoms with Gasteiger partial charge in [0.2, 0.25) is 0 Å². The Morgan fingerprint density at radius 1 is 1.22 bits per heavy atom. The van der Waals surface area contributed by atoms with Crippen LogP contribution in [0.25, 0.3) is 6.08 Å². The van der Waals surface area contributed by atoms with Gasteiger partial charge in [-0.1, -0.05) is 18.2 Å². The average Bonchev–Trinajstić information content (AvgIpc) is 3.35. The summed E-state index contributed by atoms with van der Waals surface area (Å²) in [5.41, 5.74) is 1.10. The van der Waals surface area contributed by atoms with E-state index >= 15 is 0 Å². The van der Waals surface area contributed by atoms with E-state index < -0.39 is 24.5 Å². The number of imide groups is 1. The molecule has 120 valence electrons. The summed E-state index contributed by atoms with van der Waals surface area (Å²) < 4.78 is 10.3. The van der Waals surface area contributed by atoms with Gasteiger partial charge >= 0.3 is 12.0 Å². The highest BCUT2D eigenvalue weighted by Gasteiger charge is 2.24. The minimum absolute atomic E-state index is 0.0830. The Bertz CT molecular complexity index is 679. The molecule has 0 saturated heterocycles. The number of fused-ring (bicyclic) bond motifs is 1. The lowest BCUT2D eigenvalue weighted by molar-refractivity contribution is -0.144. The first kappa shape index (κ1) is 15.1. The quantitative estimate of drug-likeness (QED) is 0.808. The first-order chi connectivity index (χ1) is 11.1. The number of benzene rings is 1. The van der Waals surface area contributed by atoms with E-state index in [1.165, 1.54) is 0 Å². The fourth-order valence-corrected chi connectivity index (χ4v) is 2.07. The SMILES string of the molecule is O=C(COC(=O)C1=Cc2ccccc2OC1)NC(=O)NC1CC1. The topological polar surface area (TPSA) is 93.7 Å². The smallest absolute Gasteiger partial charge is 0.338 e. The molecule has 0 bridgehead atoms. The van der Waals surface area contributed by atoms with Gasteiger partial charge in [0.1, 0.15) is 12.4 Å². The van der Waals surface area contributed by atoms with Gasteiger partial charge in [-0.25, -0.2) is 9.59 Å². The zero-order valence-electron chi connectivity index (χ0n) is 12.3. The second kappa shape index (κ2) is 6.51. The maximum atomic E-state index is 11.9. The predicted octanol–water partition coefficient (Wildman–Crippen LogP) is 0.994. The summed E-state index contributed by atoms with van der Waals surface area (Å²) in [6.07, 6.45) is 3.51. The Morgan fingerprint density at radius 2 is 2.00 bits per heavy atom. The summed E-state index contributed by atoms with van der Waals surface area (Å²) >= 11 is 0. The number of para-hydroxylation sites is 1. The van der Waals surface area contributed by atoms with Crippen LogP contribution in [0.15, 0.2) is 29.8 Å². The van der Waals surface area contributed by atoms with Crippen LogP contribution >= 0.6 is 0 Å². The van der Waals surface area contributed by atoms with E-state index in [9.17, 15) is 14.4 Å². The third-order valence-corrected chi connectivity index (χ3v) is 3.39. The Morgan fingerprint density at radius 3 is 2.78 bits per heavy atom. The van der Waals surface area contributed by atoms with Gasteiger partial charge in [0.25, 0.3) is 5.91 Å². The average molecular weight is 316 g/mol. The van der Waals surface area contributed by atoms with Crippen molar-refractivity contribution >= 4 is 24.0 Å². The third kappa shape index (κ3) is 4.09. The molecular weight excluding hydrogens is 300 g/mol. The second-order valence-corrected chi connectivity index (χ2v) is 5.37. The lowest BCUT2D eigenvalue weighted by atomic mass is 10.1. The van der Waals surface area contributed by atoms with E-state index in [1.54, 1.807) is 12.1 Å². The van der Waals surface area contributed by atoms with Crippen LogP contribution in [-0.4, -0.2) is 37.2 Å². The number of esters is 1. The second-order valence-electron chi connectivity index (χ2n) is 5.37. The van der Waals surface area contributed by atoms with Gasteiger partial charge in [0.15, 0.2) is 6.61 Å². The summed E-state index contributed by atoms with van der Waals surface area (Å²) in [5.74, 6) is -0.620. The number of carbonyl (C=O) groups excluding carboxylic acids is 3. The van der Waals surface area contributed by atoms with Crippen molar-refractivity contribution in [2.24, 2.45) is 0 Å². The molecule has 7 nitrogen and oxygen atoms in total. The molecule has 1 saturated carbocycles. The van der Waals surface area contributed by atoms with Crippen molar-refractivity contribution in [1.29, 1.82) is 0 Å². The minimum Gasteiger partial charge on any atom is -0.488 e. The molecule has 23 heavy (non-hydrogen) atoms. The summed E-state index contributed by atoms with van der Waals surface area (Å²) in [6, 6.07) is 6.88. The van der Waals surface area contributed by atoms with Crippen LogP contribution in [0.3, 0.4) is 0 Å². The summed E-state index contributed by atoms with van der Waals surface area (Å²) in [7, 11) is 0. The van der Waals surface area contributed by atoms with Crippen molar-refractivity contribution in [3.05, 3.63) is 35.4 Å². The van der Waals surface area contributed by atoms with Crippen LogP contribution in [0, 0.1) is 0 Å². The molecule has 1 aromatic rings. The number of urea groups is 1. The fraction of sp³-hybridized carbons (Fsp3) is 0.312. The minimum atomic E-state index is -0.672. The van der Waals surface area contributed by atoms with Crippen LogP contribution < -0.4 is 15.4 Å². The highest BCUT2D eigenvalue weighted by Crippen LogP contribution is 2.26. The highest BCUT2D eigenvalue weighted by molar-refractivity contribution is 5.98. The lowest BCUT2D eigenvalue weighted by Crippen LogP contribution is -2.42. The summed E-state index contributed by atoms with van der Waals surface area (Å²) in [4.78, 5) is 34.8. The van der Waals surface area contributed by atoms with Crippen molar-refractivity contribution in [3.63, 3.8) is 0 Å². The van der Waals surface area contributed by atoms with Crippen LogP contribution in [0.2, 0.25) is 0 Å². The first-order valence-corrected chi connectivity index (χ1v) is 7.31. The molecule has 1 fully saturated rings. The van der Waals surface area contributed by atoms with Crippen molar-refractivity contribution in [2.45, 2.75) is 18.9 Å². The molecule has 2 N–H and O–H groups in total. The van der Waals surface area contributed by atoms with Crippen molar-refractivity contribution in [1.82, 2.24) is 10.6 Å². The molecule has 0 spiro atoms. The highest BCUT2D eigenvalue weighted by atomic mass is 16.5. The predicted molar refractivity (Wildman–Crippen MR) is 80.6 cm³/mol. The molecule has 0 unspecified atom stereocenters. The Labute approximate surface area is 132 Å². The molecule has 0 radical (unpaired) electrons. The van der Waals surface area contributed by atoms with Crippen LogP contribution in [0.1, 0.15) is 18.4 Å². The number of amides is 3. The van der Waals surface area contributed by atoms with E-state index in [1.807, 2.05) is 18.2 Å². The lowest BCUT2D eigenvalue weighted by Gasteiger charge is -2.16. The van der Waals surface area contributed by atoms with Crippen LogP contribution in [0.4, 0.5) is 4.79 Å². The van der Waals surface area contributed by atoms with Crippen molar-refractivity contribution in [3.8, 4) is 5.75 Å². The van der Waals surface area contributed by atoms with Gasteiger partial charge in [-0.2, -0.15) is 0 Å². The van der Waals surface area contributed by atoms with Gasteiger partial charge in [0, 0.05) is 11.6 Å². The first-order valence-electron chi connectivity index (χ1n) is 7.31. The van der Waals surface area contributed by atoms with E-state index in [2.05, 4.69) is 10.6 Å². The van der Waals surface area contributed by atoms with E-state index in [0.717, 1.165) is 18.4 Å². The molecule has 7 heteroatoms. The third-order valence-electron chi connectivity index (χ3n) is 3.39.